The SMILES string of the molecule is CC(C)(C)NC(=O)C(Cc1ccccc1)N(Cc1ccc(F)cc1)C(=O)CN(c1ccccc1F)S(C)(=O)=O. The number of benzene rings is 3. The van der Waals surface area contributed by atoms with Crippen LogP contribution in [0.1, 0.15) is 31.9 Å². The van der Waals surface area contributed by atoms with E-state index in [1.54, 1.807) is 20.8 Å². The Hall–Kier alpha value is -3.79. The van der Waals surface area contributed by atoms with Gasteiger partial charge in [0.15, 0.2) is 0 Å². The lowest BCUT2D eigenvalue weighted by atomic mass is 10.0. The maximum Gasteiger partial charge on any atom is 0.244 e. The number of halogens is 2. The molecule has 0 aliphatic rings. The number of anilines is 1. The number of nitrogens with zero attached hydrogens (tertiary/aromatic N) is 2. The Morgan fingerprint density at radius 3 is 2.03 bits per heavy atom. The van der Waals surface area contributed by atoms with E-state index >= 15 is 0 Å². The Morgan fingerprint density at radius 2 is 1.46 bits per heavy atom. The monoisotopic (exact) mass is 557 g/mol. The molecule has 39 heavy (non-hydrogen) atoms. The molecule has 3 rings (SSSR count). The fourth-order valence-electron chi connectivity index (χ4n) is 4.04. The molecule has 0 spiro atoms. The topological polar surface area (TPSA) is 86.8 Å². The second-order valence-corrected chi connectivity index (χ2v) is 12.2. The molecule has 0 radical (unpaired) electrons. The minimum absolute atomic E-state index is 0.108. The third-order valence-corrected chi connectivity index (χ3v) is 6.96. The maximum absolute atomic E-state index is 14.6. The lowest BCUT2D eigenvalue weighted by Crippen LogP contribution is -2.56. The van der Waals surface area contributed by atoms with Gasteiger partial charge in [-0.3, -0.25) is 13.9 Å². The molecule has 1 atom stereocenters. The molecule has 10 heteroatoms. The van der Waals surface area contributed by atoms with Crippen molar-refractivity contribution >= 4 is 27.5 Å². The van der Waals surface area contributed by atoms with Gasteiger partial charge < -0.3 is 10.2 Å². The van der Waals surface area contributed by atoms with Crippen molar-refractivity contribution in [1.82, 2.24) is 10.2 Å². The third kappa shape index (κ3) is 8.61. The van der Waals surface area contributed by atoms with Crippen molar-refractivity contribution in [3.8, 4) is 0 Å². The van der Waals surface area contributed by atoms with Gasteiger partial charge in [-0.15, -0.1) is 0 Å². The standard InChI is InChI=1S/C29H33F2N3O4S/c1-29(2,3)32-28(36)26(18-21-10-6-5-7-11-21)33(19-22-14-16-23(30)17-15-22)27(35)20-34(39(4,37)38)25-13-9-8-12-24(25)31/h5-17,26H,18-20H2,1-4H3,(H,32,36). The van der Waals surface area contributed by atoms with E-state index in [1.807, 2.05) is 30.3 Å². The molecule has 0 aliphatic heterocycles. The van der Waals surface area contributed by atoms with Crippen LogP contribution in [0.4, 0.5) is 14.5 Å². The second-order valence-electron chi connectivity index (χ2n) is 10.3. The molecule has 0 saturated carbocycles. The Bertz CT molecular complexity index is 1390. The summed E-state index contributed by atoms with van der Waals surface area (Å²) < 4.78 is 54.3. The minimum Gasteiger partial charge on any atom is -0.350 e. The Kier molecular flexibility index (Phi) is 9.45. The van der Waals surface area contributed by atoms with Crippen molar-refractivity contribution in [2.75, 3.05) is 17.1 Å². The summed E-state index contributed by atoms with van der Waals surface area (Å²) in [5, 5.41) is 2.91. The van der Waals surface area contributed by atoms with Crippen LogP contribution in [-0.4, -0.2) is 49.5 Å². The Morgan fingerprint density at radius 1 is 0.872 bits per heavy atom. The van der Waals surface area contributed by atoms with E-state index < -0.39 is 51.6 Å². The van der Waals surface area contributed by atoms with Crippen LogP contribution in [0.15, 0.2) is 78.9 Å². The van der Waals surface area contributed by atoms with Crippen LogP contribution in [0.25, 0.3) is 0 Å². The van der Waals surface area contributed by atoms with Crippen LogP contribution in [0.2, 0.25) is 0 Å². The number of carbonyl (C=O) groups excluding carboxylic acids is 2. The average Bonchev–Trinajstić information content (AvgIpc) is 2.85. The summed E-state index contributed by atoms with van der Waals surface area (Å²) in [6.07, 6.45) is 1.01. The lowest BCUT2D eigenvalue weighted by molar-refractivity contribution is -0.140. The number of amides is 2. The second kappa shape index (κ2) is 12.4. The molecule has 0 aromatic heterocycles. The number of sulfonamides is 1. The molecular weight excluding hydrogens is 524 g/mol. The van der Waals surface area contributed by atoms with Gasteiger partial charge in [-0.2, -0.15) is 0 Å². The Balaban J connectivity index is 2.08. The molecule has 0 fully saturated rings. The van der Waals surface area contributed by atoms with Crippen molar-refractivity contribution in [2.24, 2.45) is 0 Å². The van der Waals surface area contributed by atoms with Gasteiger partial charge in [0.25, 0.3) is 0 Å². The van der Waals surface area contributed by atoms with Crippen molar-refractivity contribution < 1.29 is 26.8 Å². The molecule has 7 nitrogen and oxygen atoms in total. The number of para-hydroxylation sites is 1. The van der Waals surface area contributed by atoms with Gasteiger partial charge in [-0.05, 0) is 56.2 Å². The molecule has 2 amide bonds. The molecule has 1 N–H and O–H groups in total. The Labute approximate surface area is 228 Å². The van der Waals surface area contributed by atoms with E-state index in [9.17, 15) is 26.8 Å². The molecule has 0 heterocycles. The molecule has 0 saturated heterocycles. The van der Waals surface area contributed by atoms with Crippen LogP contribution < -0.4 is 9.62 Å². The van der Waals surface area contributed by atoms with Crippen LogP contribution in [-0.2, 0) is 32.6 Å². The first kappa shape index (κ1) is 29.8. The van der Waals surface area contributed by atoms with E-state index in [1.165, 1.54) is 47.4 Å². The molecule has 1 unspecified atom stereocenters. The highest BCUT2D eigenvalue weighted by molar-refractivity contribution is 7.92. The highest BCUT2D eigenvalue weighted by Crippen LogP contribution is 2.23. The summed E-state index contributed by atoms with van der Waals surface area (Å²) in [5.41, 5.74) is 0.400. The largest absolute Gasteiger partial charge is 0.350 e. The van der Waals surface area contributed by atoms with Crippen molar-refractivity contribution in [3.05, 3.63) is 102 Å². The number of hydrogen-bond donors (Lipinski definition) is 1. The van der Waals surface area contributed by atoms with Gasteiger partial charge in [0.2, 0.25) is 21.8 Å². The van der Waals surface area contributed by atoms with Gasteiger partial charge >= 0.3 is 0 Å². The smallest absolute Gasteiger partial charge is 0.244 e. The number of carbonyl (C=O) groups is 2. The van der Waals surface area contributed by atoms with Gasteiger partial charge in [-0.1, -0.05) is 54.6 Å². The van der Waals surface area contributed by atoms with Gasteiger partial charge in [-0.25, -0.2) is 17.2 Å². The zero-order valence-electron chi connectivity index (χ0n) is 22.4. The highest BCUT2D eigenvalue weighted by Gasteiger charge is 2.34. The summed E-state index contributed by atoms with van der Waals surface area (Å²) in [6.45, 7) is 4.57. The molecule has 208 valence electrons. The number of nitrogens with one attached hydrogen (secondary N) is 1. The molecule has 3 aromatic rings. The van der Waals surface area contributed by atoms with Crippen LogP contribution in [0, 0.1) is 11.6 Å². The summed E-state index contributed by atoms with van der Waals surface area (Å²) in [5.74, 6) is -2.45. The van der Waals surface area contributed by atoms with E-state index in [0.717, 1.165) is 17.9 Å². The van der Waals surface area contributed by atoms with Gasteiger partial charge in [0.1, 0.15) is 24.2 Å². The zero-order valence-corrected chi connectivity index (χ0v) is 23.2. The molecular formula is C29H33F2N3O4S. The van der Waals surface area contributed by atoms with Crippen LogP contribution >= 0.6 is 0 Å². The van der Waals surface area contributed by atoms with Gasteiger partial charge in [0, 0.05) is 18.5 Å². The van der Waals surface area contributed by atoms with Crippen molar-refractivity contribution in [3.63, 3.8) is 0 Å². The van der Waals surface area contributed by atoms with E-state index in [2.05, 4.69) is 5.32 Å². The number of rotatable bonds is 10. The van der Waals surface area contributed by atoms with Crippen molar-refractivity contribution in [2.45, 2.75) is 45.3 Å². The number of hydrogen-bond acceptors (Lipinski definition) is 4. The predicted octanol–water partition coefficient (Wildman–Crippen LogP) is 4.29. The predicted molar refractivity (Wildman–Crippen MR) is 147 cm³/mol. The van der Waals surface area contributed by atoms with Crippen LogP contribution in [0.3, 0.4) is 0 Å². The summed E-state index contributed by atoms with van der Waals surface area (Å²) in [6, 6.07) is 18.7. The van der Waals surface area contributed by atoms with E-state index in [4.69, 9.17) is 0 Å². The first-order valence-corrected chi connectivity index (χ1v) is 14.2. The molecule has 0 bridgehead atoms. The first-order valence-electron chi connectivity index (χ1n) is 12.4. The zero-order chi connectivity index (χ0) is 28.8. The summed E-state index contributed by atoms with van der Waals surface area (Å²) >= 11 is 0. The molecule has 3 aromatic carbocycles. The lowest BCUT2D eigenvalue weighted by Gasteiger charge is -2.35. The van der Waals surface area contributed by atoms with Crippen LogP contribution in [0.5, 0.6) is 0 Å². The molecule has 0 aliphatic carbocycles. The van der Waals surface area contributed by atoms with Gasteiger partial charge in [0.05, 0.1) is 11.9 Å². The third-order valence-electron chi connectivity index (χ3n) is 5.84. The quantitative estimate of drug-likeness (QED) is 0.403. The van der Waals surface area contributed by atoms with E-state index in [0.29, 0.717) is 9.87 Å². The summed E-state index contributed by atoms with van der Waals surface area (Å²) in [7, 11) is -4.09. The fraction of sp³-hybridized carbons (Fsp3) is 0.310. The average molecular weight is 558 g/mol. The maximum atomic E-state index is 14.6. The van der Waals surface area contributed by atoms with E-state index in [-0.39, 0.29) is 18.7 Å². The van der Waals surface area contributed by atoms with Crippen molar-refractivity contribution in [1.29, 1.82) is 0 Å². The fourth-order valence-corrected chi connectivity index (χ4v) is 4.89. The summed E-state index contributed by atoms with van der Waals surface area (Å²) in [4.78, 5) is 28.8. The first-order chi connectivity index (χ1) is 18.2. The minimum atomic E-state index is -4.09. The normalized spacial score (nSPS) is 12.5. The highest BCUT2D eigenvalue weighted by atomic mass is 32.2.